The molecule has 0 radical (unpaired) electrons. The predicted octanol–water partition coefficient (Wildman–Crippen LogP) is 2.75. The number of hydrogen-bond donors (Lipinski definition) is 0. The van der Waals surface area contributed by atoms with Gasteiger partial charge in [0, 0.05) is 31.9 Å². The summed E-state index contributed by atoms with van der Waals surface area (Å²) in [6.45, 7) is 1.35. The van der Waals surface area contributed by atoms with Gasteiger partial charge in [0.2, 0.25) is 15.9 Å². The number of aromatic nitrogens is 1. The first-order valence-electron chi connectivity index (χ1n) is 11.7. The first-order valence-corrected chi connectivity index (χ1v) is 13.2. The highest BCUT2D eigenvalue weighted by Gasteiger charge is 2.50. The maximum absolute atomic E-state index is 13.4. The summed E-state index contributed by atoms with van der Waals surface area (Å²) in [7, 11) is -0.938. The standard InChI is InChI=1S/C24H28F2N4O5S/c1-15-23(31)28(2)20-6-5-19(27-22(20)30(15)16-8-10-35-11-9-16)18-12-17(4-7-21(18)34-3)36(32,33)29-13-24(25,26)14-29/h4-7,12,15-16H,8-11,13-14H2,1-3H3/t15-/m1/s1. The monoisotopic (exact) mass is 522 g/mol. The predicted molar refractivity (Wildman–Crippen MR) is 129 cm³/mol. The molecule has 0 bridgehead atoms. The van der Waals surface area contributed by atoms with Crippen molar-refractivity contribution >= 4 is 27.4 Å². The summed E-state index contributed by atoms with van der Waals surface area (Å²) in [6.07, 6.45) is 1.51. The molecule has 3 aliphatic rings. The van der Waals surface area contributed by atoms with E-state index >= 15 is 0 Å². The van der Waals surface area contributed by atoms with Gasteiger partial charge in [-0.05, 0) is 50.1 Å². The lowest BCUT2D eigenvalue weighted by Gasteiger charge is -2.44. The molecule has 0 unspecified atom stereocenters. The van der Waals surface area contributed by atoms with Gasteiger partial charge in [0.1, 0.15) is 11.8 Å². The molecule has 1 atom stereocenters. The molecule has 36 heavy (non-hydrogen) atoms. The van der Waals surface area contributed by atoms with E-state index in [9.17, 15) is 22.0 Å². The van der Waals surface area contributed by atoms with Crippen LogP contribution < -0.4 is 14.5 Å². The smallest absolute Gasteiger partial charge is 0.275 e. The van der Waals surface area contributed by atoms with Gasteiger partial charge < -0.3 is 19.3 Å². The summed E-state index contributed by atoms with van der Waals surface area (Å²) in [5.41, 5.74) is 1.51. The van der Waals surface area contributed by atoms with Crippen molar-refractivity contribution in [1.82, 2.24) is 9.29 Å². The number of alkyl halides is 2. The van der Waals surface area contributed by atoms with Gasteiger partial charge in [0.15, 0.2) is 5.82 Å². The number of rotatable bonds is 5. The van der Waals surface area contributed by atoms with Crippen LogP contribution in [0.5, 0.6) is 5.75 Å². The number of ether oxygens (including phenoxy) is 2. The number of anilines is 2. The fraction of sp³-hybridized carbons (Fsp3) is 0.500. The summed E-state index contributed by atoms with van der Waals surface area (Å²) in [5, 5.41) is 0. The molecule has 2 fully saturated rings. The molecule has 2 saturated heterocycles. The quantitative estimate of drug-likeness (QED) is 0.596. The Kier molecular flexibility index (Phi) is 6.16. The lowest BCUT2D eigenvalue weighted by Crippen LogP contribution is -2.58. The molecular weight excluding hydrogens is 494 g/mol. The number of carbonyl (C=O) groups is 1. The number of fused-ring (bicyclic) bond motifs is 1. The van der Waals surface area contributed by atoms with Gasteiger partial charge in [-0.2, -0.15) is 4.31 Å². The number of methoxy groups -OCH3 is 1. The van der Waals surface area contributed by atoms with E-state index in [1.54, 1.807) is 24.1 Å². The maximum Gasteiger partial charge on any atom is 0.275 e. The van der Waals surface area contributed by atoms with Crippen LogP contribution >= 0.6 is 0 Å². The zero-order valence-electron chi connectivity index (χ0n) is 20.3. The van der Waals surface area contributed by atoms with Crippen molar-refractivity contribution < 1.29 is 31.5 Å². The minimum Gasteiger partial charge on any atom is -0.496 e. The molecule has 4 heterocycles. The third-order valence-electron chi connectivity index (χ3n) is 7.05. The molecule has 0 N–H and O–H groups in total. The second-order valence-corrected chi connectivity index (χ2v) is 11.3. The van der Waals surface area contributed by atoms with Crippen LogP contribution in [0.25, 0.3) is 11.3 Å². The van der Waals surface area contributed by atoms with Gasteiger partial charge in [-0.1, -0.05) is 0 Å². The van der Waals surface area contributed by atoms with Gasteiger partial charge in [-0.25, -0.2) is 22.2 Å². The van der Waals surface area contributed by atoms with Crippen molar-refractivity contribution in [3.05, 3.63) is 30.3 Å². The zero-order valence-corrected chi connectivity index (χ0v) is 21.1. The van der Waals surface area contributed by atoms with Crippen LogP contribution in [0.4, 0.5) is 20.3 Å². The summed E-state index contributed by atoms with van der Waals surface area (Å²) in [5.74, 6) is -2.05. The molecule has 9 nitrogen and oxygen atoms in total. The summed E-state index contributed by atoms with van der Waals surface area (Å²) >= 11 is 0. The molecule has 1 amide bonds. The van der Waals surface area contributed by atoms with Crippen molar-refractivity contribution in [3.63, 3.8) is 0 Å². The second-order valence-electron chi connectivity index (χ2n) is 9.35. The van der Waals surface area contributed by atoms with Crippen molar-refractivity contribution in [2.45, 2.75) is 42.7 Å². The lowest BCUT2D eigenvalue weighted by atomic mass is 10.0. The lowest BCUT2D eigenvalue weighted by molar-refractivity contribution is -0.119. The number of hydrogen-bond acceptors (Lipinski definition) is 7. The first kappa shape index (κ1) is 24.8. The van der Waals surface area contributed by atoms with Gasteiger partial charge in [0.25, 0.3) is 5.92 Å². The van der Waals surface area contributed by atoms with Crippen LogP contribution in [0.1, 0.15) is 19.8 Å². The van der Waals surface area contributed by atoms with Crippen LogP contribution in [0, 0.1) is 0 Å². The average molecular weight is 523 g/mol. The molecule has 0 spiro atoms. The summed E-state index contributed by atoms with van der Waals surface area (Å²) in [6, 6.07) is 7.35. The third-order valence-corrected chi connectivity index (χ3v) is 8.84. The van der Waals surface area contributed by atoms with E-state index < -0.39 is 35.1 Å². The molecule has 3 aliphatic heterocycles. The SMILES string of the molecule is COc1ccc(S(=O)(=O)N2CC(F)(F)C2)cc1-c1ccc2c(n1)N(C1CCOCC1)[C@H](C)C(=O)N2C. The topological polar surface area (TPSA) is 92.3 Å². The van der Waals surface area contributed by atoms with E-state index in [4.69, 9.17) is 14.5 Å². The van der Waals surface area contributed by atoms with Gasteiger partial charge >= 0.3 is 0 Å². The minimum atomic E-state index is -4.11. The highest BCUT2D eigenvalue weighted by atomic mass is 32.2. The first-order chi connectivity index (χ1) is 17.0. The fourth-order valence-electron chi connectivity index (χ4n) is 5.03. The molecule has 0 saturated carbocycles. The van der Waals surface area contributed by atoms with Gasteiger partial charge in [0.05, 0.1) is 36.5 Å². The second kappa shape index (κ2) is 8.93. The molecular formula is C24H28F2N4O5S. The maximum atomic E-state index is 13.4. The molecule has 1 aromatic carbocycles. The Hall–Kier alpha value is -2.83. The van der Waals surface area contributed by atoms with Crippen molar-refractivity contribution in [1.29, 1.82) is 0 Å². The Labute approximate surface area is 208 Å². The van der Waals surface area contributed by atoms with Crippen molar-refractivity contribution in [2.24, 2.45) is 0 Å². The molecule has 194 valence electrons. The van der Waals surface area contributed by atoms with Gasteiger partial charge in [-0.3, -0.25) is 4.79 Å². The Morgan fingerprint density at radius 3 is 2.47 bits per heavy atom. The number of pyridine rings is 1. The average Bonchev–Trinajstić information content (AvgIpc) is 2.86. The summed E-state index contributed by atoms with van der Waals surface area (Å²) in [4.78, 5) is 21.4. The number of nitrogens with zero attached hydrogens (tertiary/aromatic N) is 4. The molecule has 12 heteroatoms. The number of carbonyl (C=O) groups excluding carboxylic acids is 1. The van der Waals surface area contributed by atoms with E-state index in [1.165, 1.54) is 25.3 Å². The van der Waals surface area contributed by atoms with E-state index in [0.29, 0.717) is 41.7 Å². The number of likely N-dealkylation sites (N-methyl/N-ethyl adjacent to an activating group) is 1. The third kappa shape index (κ3) is 4.10. The number of benzene rings is 1. The van der Waals surface area contributed by atoms with Crippen molar-refractivity contribution in [3.8, 4) is 17.0 Å². The Morgan fingerprint density at radius 1 is 1.14 bits per heavy atom. The minimum absolute atomic E-state index is 0.0411. The number of amides is 1. The highest BCUT2D eigenvalue weighted by Crippen LogP contribution is 2.41. The van der Waals surface area contributed by atoms with Crippen LogP contribution in [0.3, 0.4) is 0 Å². The van der Waals surface area contributed by atoms with E-state index in [2.05, 4.69) is 0 Å². The van der Waals surface area contributed by atoms with Crippen LogP contribution in [-0.2, 0) is 19.6 Å². The molecule has 5 rings (SSSR count). The van der Waals surface area contributed by atoms with Crippen LogP contribution in [0.15, 0.2) is 35.2 Å². The largest absolute Gasteiger partial charge is 0.496 e. The molecule has 1 aromatic heterocycles. The van der Waals surface area contributed by atoms with Crippen LogP contribution in [-0.4, -0.2) is 82.1 Å². The van der Waals surface area contributed by atoms with E-state index in [-0.39, 0.29) is 16.8 Å². The highest BCUT2D eigenvalue weighted by molar-refractivity contribution is 7.89. The zero-order chi connectivity index (χ0) is 25.8. The Bertz CT molecular complexity index is 1290. The Balaban J connectivity index is 1.58. The normalized spacial score (nSPS) is 22.8. The fourth-order valence-corrected chi connectivity index (χ4v) is 6.56. The summed E-state index contributed by atoms with van der Waals surface area (Å²) < 4.78 is 64.4. The Morgan fingerprint density at radius 2 is 1.83 bits per heavy atom. The molecule has 2 aromatic rings. The van der Waals surface area contributed by atoms with Gasteiger partial charge in [-0.15, -0.1) is 0 Å². The van der Waals surface area contributed by atoms with Crippen LogP contribution in [0.2, 0.25) is 0 Å². The van der Waals surface area contributed by atoms with E-state index in [0.717, 1.165) is 17.1 Å². The molecule has 0 aliphatic carbocycles. The number of halogens is 2. The van der Waals surface area contributed by atoms with Crippen molar-refractivity contribution in [2.75, 3.05) is 50.3 Å². The van der Waals surface area contributed by atoms with E-state index in [1.807, 2.05) is 11.8 Å². The number of sulfonamides is 1.